The van der Waals surface area contributed by atoms with Gasteiger partial charge in [0.05, 0.1) is 17.4 Å². The number of aromatic nitrogens is 3. The molecule has 8 heteroatoms. The van der Waals surface area contributed by atoms with E-state index in [0.29, 0.717) is 33.4 Å². The molecule has 0 bridgehead atoms. The quantitative estimate of drug-likeness (QED) is 0.487. The van der Waals surface area contributed by atoms with E-state index < -0.39 is 6.10 Å². The second kappa shape index (κ2) is 6.77. The van der Waals surface area contributed by atoms with Crippen LogP contribution in [0.3, 0.4) is 0 Å². The van der Waals surface area contributed by atoms with Crippen molar-refractivity contribution in [3.63, 3.8) is 0 Å². The van der Waals surface area contributed by atoms with Gasteiger partial charge in [0.1, 0.15) is 22.8 Å². The second-order valence-corrected chi connectivity index (χ2v) is 7.16. The summed E-state index contributed by atoms with van der Waals surface area (Å²) in [5.41, 5.74) is 2.70. The summed E-state index contributed by atoms with van der Waals surface area (Å²) < 4.78 is 1.49. The molecule has 1 unspecified atom stereocenters. The Morgan fingerprint density at radius 3 is 2.73 bits per heavy atom. The molecule has 4 aromatic rings. The van der Waals surface area contributed by atoms with Gasteiger partial charge in [-0.3, -0.25) is 9.89 Å². The van der Waals surface area contributed by atoms with Crippen molar-refractivity contribution in [2.45, 2.75) is 12.5 Å². The van der Waals surface area contributed by atoms with Crippen LogP contribution in [0.4, 0.5) is 0 Å². The Kier molecular flexibility index (Phi) is 4.06. The van der Waals surface area contributed by atoms with Gasteiger partial charge in [-0.05, 0) is 24.3 Å². The molecule has 0 radical (unpaired) electrons. The predicted octanol–water partition coefficient (Wildman–Crippen LogP) is 3.21. The van der Waals surface area contributed by atoms with Gasteiger partial charge in [-0.15, -0.1) is 0 Å². The summed E-state index contributed by atoms with van der Waals surface area (Å²) in [4.78, 5) is 18.5. The SMILES string of the molecule is Cn1c(=O)c(C2=NOC(c3cn[nH]c3-c3ccccc3O)C2)c(O)c2ccccc21. The van der Waals surface area contributed by atoms with Crippen molar-refractivity contribution in [1.29, 1.82) is 0 Å². The van der Waals surface area contributed by atoms with Crippen LogP contribution >= 0.6 is 0 Å². The molecule has 1 atom stereocenters. The number of benzene rings is 2. The molecular formula is C22H18N4O4. The summed E-state index contributed by atoms with van der Waals surface area (Å²) >= 11 is 0. The predicted molar refractivity (Wildman–Crippen MR) is 112 cm³/mol. The van der Waals surface area contributed by atoms with Gasteiger partial charge in [-0.25, -0.2) is 0 Å². The lowest BCUT2D eigenvalue weighted by Crippen LogP contribution is -2.24. The highest BCUT2D eigenvalue weighted by Crippen LogP contribution is 2.38. The number of para-hydroxylation sites is 2. The number of aromatic hydroxyl groups is 2. The molecule has 3 heterocycles. The molecule has 5 rings (SSSR count). The Morgan fingerprint density at radius 2 is 1.90 bits per heavy atom. The standard InChI is InChI=1S/C22H18N4O4/c1-26-16-8-4-2-6-12(16)21(28)19(22(26)29)15-10-18(30-25-15)14-11-23-24-20(14)13-7-3-5-9-17(13)27/h2-9,11,18,27-28H,10H2,1H3,(H,23,24). The second-order valence-electron chi connectivity index (χ2n) is 7.16. The Labute approximate surface area is 170 Å². The van der Waals surface area contributed by atoms with Crippen molar-refractivity contribution in [3.05, 3.63) is 76.2 Å². The number of pyridine rings is 1. The summed E-state index contributed by atoms with van der Waals surface area (Å²) in [6, 6.07) is 14.1. The highest BCUT2D eigenvalue weighted by atomic mass is 16.6. The summed E-state index contributed by atoms with van der Waals surface area (Å²) in [6.45, 7) is 0. The molecule has 3 N–H and O–H groups in total. The van der Waals surface area contributed by atoms with E-state index in [-0.39, 0.29) is 29.0 Å². The Balaban J connectivity index is 1.54. The minimum atomic E-state index is -0.510. The van der Waals surface area contributed by atoms with E-state index in [1.54, 1.807) is 49.6 Å². The van der Waals surface area contributed by atoms with Crippen molar-refractivity contribution in [2.75, 3.05) is 0 Å². The minimum Gasteiger partial charge on any atom is -0.507 e. The number of phenolic OH excluding ortho intramolecular Hbond substituents is 1. The third kappa shape index (κ3) is 2.65. The highest BCUT2D eigenvalue weighted by molar-refractivity contribution is 6.07. The van der Waals surface area contributed by atoms with Crippen LogP contribution in [0.25, 0.3) is 22.2 Å². The van der Waals surface area contributed by atoms with Gasteiger partial charge in [0.15, 0.2) is 6.10 Å². The van der Waals surface area contributed by atoms with Crippen LogP contribution < -0.4 is 5.56 Å². The van der Waals surface area contributed by atoms with Crippen LogP contribution in [0.1, 0.15) is 23.7 Å². The molecule has 1 aliphatic rings. The van der Waals surface area contributed by atoms with Crippen molar-refractivity contribution >= 4 is 16.6 Å². The molecule has 0 fully saturated rings. The summed E-state index contributed by atoms with van der Waals surface area (Å²) in [7, 11) is 1.66. The lowest BCUT2D eigenvalue weighted by atomic mass is 9.97. The molecular weight excluding hydrogens is 384 g/mol. The van der Waals surface area contributed by atoms with E-state index in [2.05, 4.69) is 15.4 Å². The number of nitrogens with zero attached hydrogens (tertiary/aromatic N) is 3. The first kappa shape index (κ1) is 18.0. The van der Waals surface area contributed by atoms with Crippen molar-refractivity contribution in [1.82, 2.24) is 14.8 Å². The van der Waals surface area contributed by atoms with E-state index in [4.69, 9.17) is 4.84 Å². The lowest BCUT2D eigenvalue weighted by molar-refractivity contribution is 0.0861. The van der Waals surface area contributed by atoms with Gasteiger partial charge in [-0.1, -0.05) is 29.4 Å². The summed E-state index contributed by atoms with van der Waals surface area (Å²) in [6.07, 6.45) is 1.38. The lowest BCUT2D eigenvalue weighted by Gasteiger charge is -2.12. The normalized spacial score (nSPS) is 15.9. The zero-order chi connectivity index (χ0) is 20.8. The molecule has 0 spiro atoms. The van der Waals surface area contributed by atoms with Crippen LogP contribution in [-0.2, 0) is 11.9 Å². The number of oxime groups is 1. The Morgan fingerprint density at radius 1 is 1.13 bits per heavy atom. The van der Waals surface area contributed by atoms with E-state index >= 15 is 0 Å². The van der Waals surface area contributed by atoms with Gasteiger partial charge in [-0.2, -0.15) is 5.10 Å². The van der Waals surface area contributed by atoms with E-state index in [9.17, 15) is 15.0 Å². The van der Waals surface area contributed by atoms with Crippen LogP contribution in [0.2, 0.25) is 0 Å². The molecule has 30 heavy (non-hydrogen) atoms. The topological polar surface area (TPSA) is 113 Å². The average Bonchev–Trinajstić information content (AvgIpc) is 3.42. The first-order chi connectivity index (χ1) is 14.6. The van der Waals surface area contributed by atoms with Crippen LogP contribution in [-0.4, -0.2) is 30.7 Å². The zero-order valence-electron chi connectivity index (χ0n) is 16.0. The van der Waals surface area contributed by atoms with Crippen LogP contribution in [0.5, 0.6) is 11.5 Å². The Bertz CT molecular complexity index is 1370. The fourth-order valence-electron chi connectivity index (χ4n) is 3.87. The van der Waals surface area contributed by atoms with E-state index in [1.165, 1.54) is 4.57 Å². The molecule has 2 aromatic heterocycles. The molecule has 2 aromatic carbocycles. The number of hydrogen-bond donors (Lipinski definition) is 3. The fraction of sp³-hybridized carbons (Fsp3) is 0.136. The van der Waals surface area contributed by atoms with Crippen molar-refractivity contribution in [2.24, 2.45) is 12.2 Å². The molecule has 1 aliphatic heterocycles. The average molecular weight is 402 g/mol. The third-order valence-electron chi connectivity index (χ3n) is 5.42. The van der Waals surface area contributed by atoms with Gasteiger partial charge >= 0.3 is 0 Å². The van der Waals surface area contributed by atoms with Gasteiger partial charge < -0.3 is 19.6 Å². The maximum Gasteiger partial charge on any atom is 0.263 e. The summed E-state index contributed by atoms with van der Waals surface area (Å²) in [5, 5.41) is 32.7. The largest absolute Gasteiger partial charge is 0.507 e. The smallest absolute Gasteiger partial charge is 0.263 e. The molecule has 0 aliphatic carbocycles. The zero-order valence-corrected chi connectivity index (χ0v) is 16.0. The molecule has 150 valence electrons. The molecule has 0 amide bonds. The van der Waals surface area contributed by atoms with Crippen molar-refractivity contribution in [3.8, 4) is 22.8 Å². The first-order valence-electron chi connectivity index (χ1n) is 9.41. The van der Waals surface area contributed by atoms with Crippen molar-refractivity contribution < 1.29 is 15.1 Å². The molecule has 8 nitrogen and oxygen atoms in total. The van der Waals surface area contributed by atoms with Crippen LogP contribution in [0, 0.1) is 0 Å². The first-order valence-corrected chi connectivity index (χ1v) is 9.41. The van der Waals surface area contributed by atoms with Gasteiger partial charge in [0, 0.05) is 30.0 Å². The molecule has 0 saturated carbocycles. The van der Waals surface area contributed by atoms with Crippen LogP contribution in [0.15, 0.2) is 64.7 Å². The number of H-pyrrole nitrogens is 1. The maximum atomic E-state index is 12.9. The number of fused-ring (bicyclic) bond motifs is 1. The third-order valence-corrected chi connectivity index (χ3v) is 5.42. The number of aromatic amines is 1. The number of hydrogen-bond acceptors (Lipinski definition) is 6. The Hall–Kier alpha value is -4.07. The monoisotopic (exact) mass is 402 g/mol. The van der Waals surface area contributed by atoms with Gasteiger partial charge in [0.25, 0.3) is 5.56 Å². The summed E-state index contributed by atoms with van der Waals surface area (Å²) in [5.74, 6) is 0.00741. The number of phenols is 1. The minimum absolute atomic E-state index is 0.107. The number of aryl methyl sites for hydroxylation is 1. The fourth-order valence-corrected chi connectivity index (χ4v) is 3.87. The van der Waals surface area contributed by atoms with E-state index in [1.807, 2.05) is 12.1 Å². The number of nitrogens with one attached hydrogen (secondary N) is 1. The maximum absolute atomic E-state index is 12.9. The van der Waals surface area contributed by atoms with E-state index in [0.717, 1.165) is 0 Å². The number of rotatable bonds is 3. The molecule has 0 saturated heterocycles. The highest BCUT2D eigenvalue weighted by Gasteiger charge is 2.31. The van der Waals surface area contributed by atoms with Gasteiger partial charge in [0.2, 0.25) is 0 Å².